The van der Waals surface area contributed by atoms with Gasteiger partial charge in [0.15, 0.2) is 10.4 Å². The van der Waals surface area contributed by atoms with Gasteiger partial charge >= 0.3 is 0 Å². The maximum atomic E-state index is 5.49. The van der Waals surface area contributed by atoms with Crippen molar-refractivity contribution < 1.29 is 0 Å². The molecule has 0 aliphatic heterocycles. The summed E-state index contributed by atoms with van der Waals surface area (Å²) in [5.41, 5.74) is 4.93. The Hall–Kier alpha value is -1.36. The van der Waals surface area contributed by atoms with Crippen molar-refractivity contribution in [3.05, 3.63) is 22.1 Å². The Balaban J connectivity index is 1.91. The summed E-state index contributed by atoms with van der Waals surface area (Å²) in [5.74, 6) is 0. The van der Waals surface area contributed by atoms with Crippen LogP contribution in [0.1, 0.15) is 44.7 Å². The Morgan fingerprint density at radius 1 is 1.40 bits per heavy atom. The summed E-state index contributed by atoms with van der Waals surface area (Å²) >= 11 is 5.49. The van der Waals surface area contributed by atoms with E-state index in [-0.39, 0.29) is 0 Å². The fourth-order valence-electron chi connectivity index (χ4n) is 3.12. The average molecular weight is 290 g/mol. The van der Waals surface area contributed by atoms with E-state index in [1.165, 1.54) is 25.7 Å². The van der Waals surface area contributed by atoms with Crippen LogP contribution in [0.2, 0.25) is 0 Å². The third-order valence-corrected chi connectivity index (χ3v) is 4.52. The molecule has 0 atom stereocenters. The van der Waals surface area contributed by atoms with E-state index in [1.807, 2.05) is 11.7 Å². The normalized spacial score (nSPS) is 15.8. The minimum absolute atomic E-state index is 0.819. The van der Waals surface area contributed by atoms with E-state index in [0.717, 1.165) is 41.0 Å². The Kier molecular flexibility index (Phi) is 3.78. The van der Waals surface area contributed by atoms with Gasteiger partial charge in [-0.15, -0.1) is 0 Å². The Labute approximate surface area is 124 Å². The highest BCUT2D eigenvalue weighted by molar-refractivity contribution is 7.71. The number of H-pyrrole nitrogens is 1. The zero-order valence-corrected chi connectivity index (χ0v) is 13.1. The minimum atomic E-state index is 0.819. The number of nitrogens with one attached hydrogen (secondary N) is 1. The Morgan fingerprint density at radius 2 is 2.25 bits per heavy atom. The van der Waals surface area contributed by atoms with Crippen molar-refractivity contribution in [2.24, 2.45) is 7.05 Å². The third kappa shape index (κ3) is 2.35. The van der Waals surface area contributed by atoms with E-state index in [1.54, 1.807) is 5.57 Å². The van der Waals surface area contributed by atoms with E-state index >= 15 is 0 Å². The molecular formula is C15H22N4S. The van der Waals surface area contributed by atoms with Crippen molar-refractivity contribution in [1.82, 2.24) is 19.3 Å². The fourth-order valence-corrected chi connectivity index (χ4v) is 3.40. The molecule has 2 aromatic rings. The highest BCUT2D eigenvalue weighted by Gasteiger charge is 2.14. The molecule has 108 valence electrons. The standard InChI is InChI=1S/C15H22N4S/c1-3-12-13-14(18(2)17-12)19(15(20)16-13)10-9-11-7-5-4-6-8-11/h7H,3-6,8-10H2,1-2H3,(H,16,20). The molecule has 2 heterocycles. The lowest BCUT2D eigenvalue weighted by atomic mass is 9.97. The monoisotopic (exact) mass is 290 g/mol. The zero-order valence-electron chi connectivity index (χ0n) is 12.3. The van der Waals surface area contributed by atoms with Crippen molar-refractivity contribution in [2.45, 2.75) is 52.0 Å². The molecule has 0 spiro atoms. The first-order valence-corrected chi connectivity index (χ1v) is 7.93. The molecule has 0 aromatic carbocycles. The first kappa shape index (κ1) is 13.6. The number of allylic oxidation sites excluding steroid dienone is 2. The lowest BCUT2D eigenvalue weighted by molar-refractivity contribution is 0.616. The second kappa shape index (κ2) is 5.56. The molecule has 0 amide bonds. The third-order valence-electron chi connectivity index (χ3n) is 4.20. The van der Waals surface area contributed by atoms with Gasteiger partial charge in [-0.1, -0.05) is 18.6 Å². The molecule has 1 aliphatic carbocycles. The van der Waals surface area contributed by atoms with Gasteiger partial charge in [-0.2, -0.15) is 5.10 Å². The molecule has 4 nitrogen and oxygen atoms in total. The molecule has 0 fully saturated rings. The fraction of sp³-hybridized carbons (Fsp3) is 0.600. The van der Waals surface area contributed by atoms with E-state index in [9.17, 15) is 0 Å². The van der Waals surface area contributed by atoms with Crippen LogP contribution < -0.4 is 0 Å². The first-order valence-electron chi connectivity index (χ1n) is 7.53. The molecule has 1 N–H and O–H groups in total. The summed E-state index contributed by atoms with van der Waals surface area (Å²) < 4.78 is 4.97. The first-order chi connectivity index (χ1) is 9.70. The van der Waals surface area contributed by atoms with Crippen molar-refractivity contribution in [3.8, 4) is 0 Å². The largest absolute Gasteiger partial charge is 0.328 e. The van der Waals surface area contributed by atoms with E-state index < -0.39 is 0 Å². The van der Waals surface area contributed by atoms with Crippen molar-refractivity contribution in [2.75, 3.05) is 0 Å². The number of aryl methyl sites for hydroxylation is 3. The summed E-state index contributed by atoms with van der Waals surface area (Å²) in [6.07, 6.45) is 9.63. The van der Waals surface area contributed by atoms with Crippen LogP contribution in [0.15, 0.2) is 11.6 Å². The number of hydrogen-bond donors (Lipinski definition) is 1. The van der Waals surface area contributed by atoms with Gasteiger partial charge in [0.1, 0.15) is 5.52 Å². The number of rotatable bonds is 4. The predicted octanol–water partition coefficient (Wildman–Crippen LogP) is 3.89. The van der Waals surface area contributed by atoms with E-state index in [2.05, 4.69) is 27.6 Å². The highest BCUT2D eigenvalue weighted by Crippen LogP contribution is 2.23. The van der Waals surface area contributed by atoms with Gasteiger partial charge in [-0.05, 0) is 50.7 Å². The number of hydrogen-bond acceptors (Lipinski definition) is 2. The number of aromatic amines is 1. The van der Waals surface area contributed by atoms with Crippen LogP contribution in [0, 0.1) is 4.77 Å². The SMILES string of the molecule is CCc1nn(C)c2c1[nH]c(=S)n2CCC1=CCCCC1. The lowest BCUT2D eigenvalue weighted by Gasteiger charge is -2.13. The quantitative estimate of drug-likeness (QED) is 0.685. The molecule has 0 saturated carbocycles. The molecule has 0 radical (unpaired) electrons. The Bertz CT molecular complexity index is 701. The van der Waals surface area contributed by atoms with Gasteiger partial charge in [-0.25, -0.2) is 0 Å². The van der Waals surface area contributed by atoms with Crippen LogP contribution in [-0.4, -0.2) is 19.3 Å². The van der Waals surface area contributed by atoms with Crippen LogP contribution in [0.5, 0.6) is 0 Å². The molecule has 20 heavy (non-hydrogen) atoms. The number of aromatic nitrogens is 4. The van der Waals surface area contributed by atoms with Gasteiger partial charge in [0.2, 0.25) is 0 Å². The zero-order chi connectivity index (χ0) is 14.1. The van der Waals surface area contributed by atoms with E-state index in [0.29, 0.717) is 0 Å². The summed E-state index contributed by atoms with van der Waals surface area (Å²) in [4.78, 5) is 3.33. The Morgan fingerprint density at radius 3 is 2.95 bits per heavy atom. The summed E-state index contributed by atoms with van der Waals surface area (Å²) in [6.45, 7) is 3.08. The van der Waals surface area contributed by atoms with Crippen LogP contribution in [0.3, 0.4) is 0 Å². The molecule has 0 bridgehead atoms. The summed E-state index contributed by atoms with van der Waals surface area (Å²) in [7, 11) is 2.00. The van der Waals surface area contributed by atoms with Crippen LogP contribution in [0.25, 0.3) is 11.2 Å². The maximum Gasteiger partial charge on any atom is 0.179 e. The summed E-state index contributed by atoms with van der Waals surface area (Å²) in [5, 5.41) is 4.57. The van der Waals surface area contributed by atoms with Gasteiger partial charge in [0, 0.05) is 13.6 Å². The van der Waals surface area contributed by atoms with Crippen molar-refractivity contribution in [3.63, 3.8) is 0 Å². The van der Waals surface area contributed by atoms with Crippen molar-refractivity contribution >= 4 is 23.4 Å². The summed E-state index contributed by atoms with van der Waals surface area (Å²) in [6, 6.07) is 0. The van der Waals surface area contributed by atoms with Gasteiger partial charge in [0.25, 0.3) is 0 Å². The maximum absolute atomic E-state index is 5.49. The molecular weight excluding hydrogens is 268 g/mol. The second-order valence-electron chi connectivity index (χ2n) is 5.56. The van der Waals surface area contributed by atoms with E-state index in [4.69, 9.17) is 12.2 Å². The topological polar surface area (TPSA) is 38.5 Å². The molecule has 0 saturated heterocycles. The predicted molar refractivity (Wildman–Crippen MR) is 84.4 cm³/mol. The van der Waals surface area contributed by atoms with Gasteiger partial charge < -0.3 is 9.55 Å². The van der Waals surface area contributed by atoms with Crippen molar-refractivity contribution in [1.29, 1.82) is 0 Å². The molecule has 2 aromatic heterocycles. The lowest BCUT2D eigenvalue weighted by Crippen LogP contribution is -2.05. The minimum Gasteiger partial charge on any atom is -0.328 e. The average Bonchev–Trinajstić information content (AvgIpc) is 2.95. The van der Waals surface area contributed by atoms with Crippen LogP contribution in [-0.2, 0) is 20.0 Å². The number of nitrogens with zero attached hydrogens (tertiary/aromatic N) is 3. The van der Waals surface area contributed by atoms with Crippen LogP contribution >= 0.6 is 12.2 Å². The smallest absolute Gasteiger partial charge is 0.179 e. The van der Waals surface area contributed by atoms with Gasteiger partial charge in [0.05, 0.1) is 5.69 Å². The van der Waals surface area contributed by atoms with Crippen LogP contribution in [0.4, 0.5) is 0 Å². The molecule has 0 unspecified atom stereocenters. The molecule has 5 heteroatoms. The number of imidazole rings is 1. The molecule has 1 aliphatic rings. The number of fused-ring (bicyclic) bond motifs is 1. The highest BCUT2D eigenvalue weighted by atomic mass is 32.1. The second-order valence-corrected chi connectivity index (χ2v) is 5.95. The molecule has 3 rings (SSSR count). The van der Waals surface area contributed by atoms with Gasteiger partial charge in [-0.3, -0.25) is 4.68 Å².